The highest BCUT2D eigenvalue weighted by Crippen LogP contribution is 2.26. The van der Waals surface area contributed by atoms with Gasteiger partial charge in [-0.2, -0.15) is 18.2 Å². The minimum absolute atomic E-state index is 0.0374. The monoisotopic (exact) mass is 360 g/mol. The van der Waals surface area contributed by atoms with Gasteiger partial charge in [0.2, 0.25) is 5.89 Å². The fourth-order valence-electron chi connectivity index (χ4n) is 2.76. The number of halogens is 4. The third-order valence-corrected chi connectivity index (χ3v) is 4.03. The highest BCUT2D eigenvalue weighted by Gasteiger charge is 2.31. The van der Waals surface area contributed by atoms with Gasteiger partial charge in [0.05, 0.1) is 6.54 Å². The number of benzene rings is 1. The maximum absolute atomic E-state index is 12.4. The molecule has 1 atom stereocenters. The first-order valence-corrected chi connectivity index (χ1v) is 7.87. The van der Waals surface area contributed by atoms with Gasteiger partial charge in [-0.3, -0.25) is 4.90 Å². The van der Waals surface area contributed by atoms with Crippen LogP contribution in [0.1, 0.15) is 23.3 Å². The zero-order valence-electron chi connectivity index (χ0n) is 12.7. The lowest BCUT2D eigenvalue weighted by Crippen LogP contribution is -2.45. The van der Waals surface area contributed by atoms with Gasteiger partial charge in [-0.15, -0.1) is 0 Å². The smallest absolute Gasteiger partial charge is 0.338 e. The molecule has 9 heteroatoms. The van der Waals surface area contributed by atoms with E-state index in [2.05, 4.69) is 20.4 Å². The summed E-state index contributed by atoms with van der Waals surface area (Å²) in [4.78, 5) is 5.94. The zero-order chi connectivity index (χ0) is 17.2. The normalized spacial score (nSPS) is 19.6. The summed E-state index contributed by atoms with van der Waals surface area (Å²) in [7, 11) is 0. The second kappa shape index (κ2) is 7.08. The van der Waals surface area contributed by atoms with Crippen LogP contribution in [0.4, 0.5) is 13.2 Å². The van der Waals surface area contributed by atoms with Crippen molar-refractivity contribution in [1.29, 1.82) is 0 Å². The number of nitrogens with one attached hydrogen (secondary N) is 1. The average Bonchev–Trinajstić information content (AvgIpc) is 2.93. The van der Waals surface area contributed by atoms with Gasteiger partial charge in [0.25, 0.3) is 0 Å². The van der Waals surface area contributed by atoms with E-state index >= 15 is 0 Å². The van der Waals surface area contributed by atoms with Gasteiger partial charge in [0, 0.05) is 30.7 Å². The summed E-state index contributed by atoms with van der Waals surface area (Å²) in [5.41, 5.74) is 1.03. The molecule has 1 fully saturated rings. The average molecular weight is 361 g/mol. The molecule has 3 rings (SSSR count). The van der Waals surface area contributed by atoms with Gasteiger partial charge < -0.3 is 9.84 Å². The van der Waals surface area contributed by atoms with Gasteiger partial charge in [-0.25, -0.2) is 0 Å². The Hall–Kier alpha value is -1.64. The van der Waals surface area contributed by atoms with Crippen molar-refractivity contribution in [3.63, 3.8) is 0 Å². The summed E-state index contributed by atoms with van der Waals surface area (Å²) >= 11 is 6.05. The van der Waals surface area contributed by atoms with E-state index in [0.717, 1.165) is 12.1 Å². The summed E-state index contributed by atoms with van der Waals surface area (Å²) in [6.07, 6.45) is -5.53. The molecule has 0 bridgehead atoms. The number of rotatable bonds is 4. The molecule has 1 aliphatic heterocycles. The summed E-state index contributed by atoms with van der Waals surface area (Å²) in [5, 5.41) is 7.36. The molecule has 1 aromatic carbocycles. The fourth-order valence-corrected chi connectivity index (χ4v) is 2.96. The Morgan fingerprint density at radius 1 is 1.38 bits per heavy atom. The van der Waals surface area contributed by atoms with Crippen LogP contribution in [-0.4, -0.2) is 40.9 Å². The quantitative estimate of drug-likeness (QED) is 0.908. The Bertz CT molecular complexity index is 691. The van der Waals surface area contributed by atoms with Crippen LogP contribution in [0.3, 0.4) is 0 Å². The number of hydrogen-bond donors (Lipinski definition) is 1. The molecule has 0 aliphatic carbocycles. The molecule has 0 radical (unpaired) electrons. The van der Waals surface area contributed by atoms with Gasteiger partial charge in [-0.05, 0) is 17.7 Å². The van der Waals surface area contributed by atoms with E-state index in [1.807, 2.05) is 18.2 Å². The maximum atomic E-state index is 12.4. The number of aromatic nitrogens is 2. The summed E-state index contributed by atoms with van der Waals surface area (Å²) in [5.74, 6) is -0.157. The van der Waals surface area contributed by atoms with E-state index in [9.17, 15) is 13.2 Å². The van der Waals surface area contributed by atoms with Crippen LogP contribution in [0.25, 0.3) is 0 Å². The summed E-state index contributed by atoms with van der Waals surface area (Å²) in [6.45, 7) is 2.50. The molecule has 0 spiro atoms. The number of piperazine rings is 1. The SMILES string of the molecule is FC(F)(F)Cc1noc(CN2CCNCC2c2cccc(Cl)c2)n1. The zero-order valence-corrected chi connectivity index (χ0v) is 13.4. The lowest BCUT2D eigenvalue weighted by Gasteiger charge is -2.35. The molecule has 5 nitrogen and oxygen atoms in total. The van der Waals surface area contributed by atoms with E-state index in [4.69, 9.17) is 16.1 Å². The predicted molar refractivity (Wildman–Crippen MR) is 81.5 cm³/mol. The molecular formula is C15H16ClF3N4O. The Morgan fingerprint density at radius 3 is 2.96 bits per heavy atom. The van der Waals surface area contributed by atoms with Crippen LogP contribution < -0.4 is 5.32 Å². The third kappa shape index (κ3) is 4.46. The summed E-state index contributed by atoms with van der Waals surface area (Å²) in [6, 6.07) is 7.57. The van der Waals surface area contributed by atoms with Crippen molar-refractivity contribution < 1.29 is 17.7 Å². The molecule has 1 saturated heterocycles. The van der Waals surface area contributed by atoms with Gasteiger partial charge in [-0.1, -0.05) is 28.9 Å². The number of nitrogens with zero attached hydrogens (tertiary/aromatic N) is 3. The van der Waals surface area contributed by atoms with Gasteiger partial charge in [0.15, 0.2) is 5.82 Å². The van der Waals surface area contributed by atoms with Gasteiger partial charge in [0.1, 0.15) is 6.42 Å². The highest BCUT2D eigenvalue weighted by molar-refractivity contribution is 6.30. The molecule has 1 aliphatic rings. The van der Waals surface area contributed by atoms with Crippen molar-refractivity contribution in [2.24, 2.45) is 0 Å². The molecule has 1 aromatic heterocycles. The van der Waals surface area contributed by atoms with Gasteiger partial charge >= 0.3 is 6.18 Å². The Morgan fingerprint density at radius 2 is 2.21 bits per heavy atom. The second-order valence-corrected chi connectivity index (χ2v) is 6.08. The van der Waals surface area contributed by atoms with E-state index in [1.54, 1.807) is 6.07 Å². The van der Waals surface area contributed by atoms with E-state index in [-0.39, 0.29) is 17.8 Å². The van der Waals surface area contributed by atoms with E-state index in [1.165, 1.54) is 0 Å². The molecule has 0 amide bonds. The van der Waals surface area contributed by atoms with Crippen LogP contribution in [0.5, 0.6) is 0 Å². The molecule has 24 heavy (non-hydrogen) atoms. The predicted octanol–water partition coefficient (Wildman–Crippen LogP) is 2.97. The first-order chi connectivity index (χ1) is 11.4. The molecule has 130 valence electrons. The standard InChI is InChI=1S/C15H16ClF3N4O/c16-11-3-1-2-10(6-11)12-8-20-4-5-23(12)9-14-21-13(22-24-14)7-15(17,18)19/h1-3,6,12,20H,4-5,7-9H2. The van der Waals surface area contributed by atoms with Crippen LogP contribution in [0.2, 0.25) is 5.02 Å². The molecule has 2 aromatic rings. The van der Waals surface area contributed by atoms with E-state index < -0.39 is 12.6 Å². The Balaban J connectivity index is 1.72. The second-order valence-electron chi connectivity index (χ2n) is 5.64. The van der Waals surface area contributed by atoms with Crippen molar-refractivity contribution in [1.82, 2.24) is 20.4 Å². The number of alkyl halides is 3. The Kier molecular flexibility index (Phi) is 5.07. The first-order valence-electron chi connectivity index (χ1n) is 7.49. The van der Waals surface area contributed by atoms with Crippen LogP contribution in [0, 0.1) is 0 Å². The van der Waals surface area contributed by atoms with Crippen molar-refractivity contribution in [2.45, 2.75) is 25.2 Å². The van der Waals surface area contributed by atoms with Crippen molar-refractivity contribution in [2.75, 3.05) is 19.6 Å². The number of hydrogen-bond acceptors (Lipinski definition) is 5. The van der Waals surface area contributed by atoms with Crippen LogP contribution in [0.15, 0.2) is 28.8 Å². The largest absolute Gasteiger partial charge is 0.396 e. The minimum Gasteiger partial charge on any atom is -0.338 e. The highest BCUT2D eigenvalue weighted by atomic mass is 35.5. The molecule has 1 N–H and O–H groups in total. The summed E-state index contributed by atoms with van der Waals surface area (Å²) < 4.78 is 42.1. The van der Waals surface area contributed by atoms with E-state index in [0.29, 0.717) is 24.7 Å². The maximum Gasteiger partial charge on any atom is 0.396 e. The molecule has 0 saturated carbocycles. The van der Waals surface area contributed by atoms with Crippen LogP contribution >= 0.6 is 11.6 Å². The first kappa shape index (κ1) is 17.2. The third-order valence-electron chi connectivity index (χ3n) is 3.79. The van der Waals surface area contributed by atoms with Crippen molar-refractivity contribution in [3.05, 3.63) is 46.6 Å². The lowest BCUT2D eigenvalue weighted by molar-refractivity contribution is -0.128. The lowest BCUT2D eigenvalue weighted by atomic mass is 10.0. The minimum atomic E-state index is -4.35. The molecule has 2 heterocycles. The van der Waals surface area contributed by atoms with Crippen LogP contribution in [-0.2, 0) is 13.0 Å². The molecule has 1 unspecified atom stereocenters. The van der Waals surface area contributed by atoms with Crippen molar-refractivity contribution >= 4 is 11.6 Å². The topological polar surface area (TPSA) is 54.2 Å². The Labute approximate surface area is 141 Å². The molecular weight excluding hydrogens is 345 g/mol. The van der Waals surface area contributed by atoms with Crippen molar-refractivity contribution in [3.8, 4) is 0 Å². The fraction of sp³-hybridized carbons (Fsp3) is 0.467.